The minimum Gasteiger partial charge on any atom is -0.352 e. The Balaban J connectivity index is 3.01. The normalized spacial score (nSPS) is 9.64. The number of carbonyl (C=O) groups is 1. The van der Waals surface area contributed by atoms with Gasteiger partial charge in [0.05, 0.1) is 11.3 Å². The van der Waals surface area contributed by atoms with Gasteiger partial charge in [-0.05, 0) is 19.9 Å². The molecule has 0 radical (unpaired) electrons. The van der Waals surface area contributed by atoms with Gasteiger partial charge in [-0.25, -0.2) is 0 Å². The van der Waals surface area contributed by atoms with E-state index in [4.69, 9.17) is 5.84 Å². The van der Waals surface area contributed by atoms with Gasteiger partial charge in [-0.2, -0.15) is 0 Å². The highest BCUT2D eigenvalue weighted by molar-refractivity contribution is 5.99. The van der Waals surface area contributed by atoms with E-state index in [1.807, 2.05) is 13.8 Å². The maximum atomic E-state index is 11.5. The van der Waals surface area contributed by atoms with Gasteiger partial charge in [0.2, 0.25) is 0 Å². The van der Waals surface area contributed by atoms with Crippen LogP contribution in [0.2, 0.25) is 0 Å². The molecule has 0 spiro atoms. The summed E-state index contributed by atoms with van der Waals surface area (Å²) in [7, 11) is 0. The highest BCUT2D eigenvalue weighted by atomic mass is 16.1. The molecule has 1 aromatic rings. The van der Waals surface area contributed by atoms with Crippen LogP contribution < -0.4 is 16.6 Å². The SMILES string of the molecule is CCNC(=O)c1cnc(C)cc1NN. The van der Waals surface area contributed by atoms with Crippen molar-refractivity contribution in [3.8, 4) is 0 Å². The molecule has 0 atom stereocenters. The monoisotopic (exact) mass is 194 g/mol. The topological polar surface area (TPSA) is 80.0 Å². The summed E-state index contributed by atoms with van der Waals surface area (Å²) in [5, 5.41) is 2.68. The third kappa shape index (κ3) is 2.20. The number of rotatable bonds is 3. The van der Waals surface area contributed by atoms with Crippen molar-refractivity contribution in [3.05, 3.63) is 23.5 Å². The van der Waals surface area contributed by atoms with Crippen molar-refractivity contribution in [2.45, 2.75) is 13.8 Å². The third-order valence-corrected chi connectivity index (χ3v) is 1.78. The van der Waals surface area contributed by atoms with Crippen LogP contribution in [0.15, 0.2) is 12.3 Å². The molecule has 0 unspecified atom stereocenters. The van der Waals surface area contributed by atoms with E-state index in [2.05, 4.69) is 15.7 Å². The Bertz CT molecular complexity index is 338. The van der Waals surface area contributed by atoms with Gasteiger partial charge in [0, 0.05) is 18.4 Å². The predicted octanol–water partition coefficient (Wildman–Crippen LogP) is 0.425. The Hall–Kier alpha value is -1.62. The average molecular weight is 194 g/mol. The summed E-state index contributed by atoms with van der Waals surface area (Å²) in [4.78, 5) is 15.5. The first-order valence-corrected chi connectivity index (χ1v) is 4.40. The maximum absolute atomic E-state index is 11.5. The maximum Gasteiger partial charge on any atom is 0.254 e. The molecule has 1 aromatic heterocycles. The van der Waals surface area contributed by atoms with Crippen LogP contribution in [0.1, 0.15) is 23.0 Å². The second-order valence-electron chi connectivity index (χ2n) is 2.88. The first-order valence-electron chi connectivity index (χ1n) is 4.40. The van der Waals surface area contributed by atoms with Gasteiger partial charge in [-0.3, -0.25) is 15.6 Å². The number of hydrogen-bond donors (Lipinski definition) is 3. The number of carbonyl (C=O) groups excluding carboxylic acids is 1. The molecule has 0 saturated carbocycles. The Morgan fingerprint density at radius 2 is 2.36 bits per heavy atom. The number of aromatic nitrogens is 1. The lowest BCUT2D eigenvalue weighted by Crippen LogP contribution is -2.25. The van der Waals surface area contributed by atoms with Gasteiger partial charge >= 0.3 is 0 Å². The Morgan fingerprint density at radius 3 is 2.93 bits per heavy atom. The van der Waals surface area contributed by atoms with E-state index in [9.17, 15) is 4.79 Å². The van der Waals surface area contributed by atoms with Gasteiger partial charge < -0.3 is 10.7 Å². The summed E-state index contributed by atoms with van der Waals surface area (Å²) < 4.78 is 0. The minimum absolute atomic E-state index is 0.173. The Morgan fingerprint density at radius 1 is 1.64 bits per heavy atom. The molecule has 0 aliphatic rings. The molecule has 0 bridgehead atoms. The molecule has 0 aliphatic heterocycles. The van der Waals surface area contributed by atoms with Gasteiger partial charge in [0.1, 0.15) is 0 Å². The van der Waals surface area contributed by atoms with E-state index in [1.54, 1.807) is 6.07 Å². The highest BCUT2D eigenvalue weighted by Gasteiger charge is 2.10. The van der Waals surface area contributed by atoms with Crippen LogP contribution in [-0.4, -0.2) is 17.4 Å². The lowest BCUT2D eigenvalue weighted by Gasteiger charge is -2.08. The van der Waals surface area contributed by atoms with Crippen molar-refractivity contribution in [2.24, 2.45) is 5.84 Å². The number of nitrogens with zero attached hydrogens (tertiary/aromatic N) is 1. The Kier molecular flexibility index (Phi) is 3.41. The third-order valence-electron chi connectivity index (χ3n) is 1.78. The molecule has 0 saturated heterocycles. The van der Waals surface area contributed by atoms with Crippen LogP contribution >= 0.6 is 0 Å². The molecular weight excluding hydrogens is 180 g/mol. The molecule has 1 amide bonds. The highest BCUT2D eigenvalue weighted by Crippen LogP contribution is 2.13. The molecule has 5 heteroatoms. The summed E-state index contributed by atoms with van der Waals surface area (Å²) in [6, 6.07) is 1.73. The van der Waals surface area contributed by atoms with Gasteiger partial charge in [0.25, 0.3) is 5.91 Å². The van der Waals surface area contributed by atoms with Crippen LogP contribution in [0, 0.1) is 6.92 Å². The molecule has 0 aromatic carbocycles. The smallest absolute Gasteiger partial charge is 0.254 e. The number of anilines is 1. The zero-order chi connectivity index (χ0) is 10.6. The number of nitrogen functional groups attached to an aromatic ring is 1. The van der Waals surface area contributed by atoms with Crippen LogP contribution in [-0.2, 0) is 0 Å². The number of hydrogen-bond acceptors (Lipinski definition) is 4. The molecule has 5 nitrogen and oxygen atoms in total. The predicted molar refractivity (Wildman–Crippen MR) is 54.8 cm³/mol. The summed E-state index contributed by atoms with van der Waals surface area (Å²) >= 11 is 0. The van der Waals surface area contributed by atoms with Crippen molar-refractivity contribution >= 4 is 11.6 Å². The van der Waals surface area contributed by atoms with E-state index in [-0.39, 0.29) is 5.91 Å². The molecule has 0 fully saturated rings. The van der Waals surface area contributed by atoms with Crippen LogP contribution in [0.25, 0.3) is 0 Å². The molecule has 76 valence electrons. The van der Waals surface area contributed by atoms with Gasteiger partial charge in [-0.15, -0.1) is 0 Å². The zero-order valence-electron chi connectivity index (χ0n) is 8.29. The molecule has 14 heavy (non-hydrogen) atoms. The summed E-state index contributed by atoms with van der Waals surface area (Å²) in [5.74, 6) is 5.12. The first-order chi connectivity index (χ1) is 6.69. The number of nitrogens with two attached hydrogens (primary N) is 1. The number of nitrogens with one attached hydrogen (secondary N) is 2. The average Bonchev–Trinajstić information content (AvgIpc) is 2.17. The molecule has 1 rings (SSSR count). The largest absolute Gasteiger partial charge is 0.352 e. The first kappa shape index (κ1) is 10.5. The summed E-state index contributed by atoms with van der Waals surface area (Å²) in [6.07, 6.45) is 1.51. The van der Waals surface area contributed by atoms with Crippen molar-refractivity contribution in [1.29, 1.82) is 0 Å². The van der Waals surface area contributed by atoms with E-state index in [0.29, 0.717) is 17.8 Å². The number of amides is 1. The van der Waals surface area contributed by atoms with E-state index < -0.39 is 0 Å². The van der Waals surface area contributed by atoms with Crippen molar-refractivity contribution < 1.29 is 4.79 Å². The van der Waals surface area contributed by atoms with E-state index in [1.165, 1.54) is 6.20 Å². The second-order valence-corrected chi connectivity index (χ2v) is 2.88. The molecule has 0 aliphatic carbocycles. The lowest BCUT2D eigenvalue weighted by atomic mass is 10.2. The fraction of sp³-hybridized carbons (Fsp3) is 0.333. The van der Waals surface area contributed by atoms with E-state index in [0.717, 1.165) is 5.69 Å². The number of aryl methyl sites for hydroxylation is 1. The number of hydrazine groups is 1. The van der Waals surface area contributed by atoms with Crippen molar-refractivity contribution in [1.82, 2.24) is 10.3 Å². The standard InChI is InChI=1S/C9H14N4O/c1-3-11-9(14)7-5-12-6(2)4-8(7)13-10/h4-5H,3,10H2,1-2H3,(H,11,14)(H,12,13). The molecular formula is C9H14N4O. The fourth-order valence-corrected chi connectivity index (χ4v) is 1.12. The number of pyridine rings is 1. The quantitative estimate of drug-likeness (QED) is 0.481. The lowest BCUT2D eigenvalue weighted by molar-refractivity contribution is 0.0956. The summed E-state index contributed by atoms with van der Waals surface area (Å²) in [5.41, 5.74) is 4.33. The minimum atomic E-state index is -0.173. The van der Waals surface area contributed by atoms with Crippen LogP contribution in [0.5, 0.6) is 0 Å². The Labute approximate surface area is 82.7 Å². The van der Waals surface area contributed by atoms with Gasteiger partial charge in [0.15, 0.2) is 0 Å². The fourth-order valence-electron chi connectivity index (χ4n) is 1.12. The zero-order valence-corrected chi connectivity index (χ0v) is 8.29. The van der Waals surface area contributed by atoms with E-state index >= 15 is 0 Å². The summed E-state index contributed by atoms with van der Waals surface area (Å²) in [6.45, 7) is 4.27. The van der Waals surface area contributed by atoms with Gasteiger partial charge in [-0.1, -0.05) is 0 Å². The van der Waals surface area contributed by atoms with Crippen LogP contribution in [0.4, 0.5) is 5.69 Å². The molecule has 1 heterocycles. The van der Waals surface area contributed by atoms with Crippen molar-refractivity contribution in [3.63, 3.8) is 0 Å². The van der Waals surface area contributed by atoms with Crippen molar-refractivity contribution in [2.75, 3.05) is 12.0 Å². The van der Waals surface area contributed by atoms with Crippen LogP contribution in [0.3, 0.4) is 0 Å². The molecule has 4 N–H and O–H groups in total. The second kappa shape index (κ2) is 4.57.